The van der Waals surface area contributed by atoms with Crippen molar-refractivity contribution in [1.82, 2.24) is 4.90 Å². The lowest BCUT2D eigenvalue weighted by molar-refractivity contribution is -0.128. The van der Waals surface area contributed by atoms with E-state index in [0.29, 0.717) is 19.6 Å². The van der Waals surface area contributed by atoms with Crippen LogP contribution in [0.5, 0.6) is 0 Å². The van der Waals surface area contributed by atoms with Gasteiger partial charge in [-0.05, 0) is 11.1 Å². The van der Waals surface area contributed by atoms with E-state index >= 15 is 0 Å². The molecule has 1 amide bonds. The number of nitrogens with two attached hydrogens (primary N) is 1. The zero-order valence-corrected chi connectivity index (χ0v) is 9.10. The van der Waals surface area contributed by atoms with Crippen molar-refractivity contribution in [2.45, 2.75) is 25.6 Å². The largest absolute Gasteiger partial charge is 0.391 e. The van der Waals surface area contributed by atoms with Crippen LogP contribution >= 0.6 is 0 Å². The maximum atomic E-state index is 11.5. The fraction of sp³-hybridized carbons (Fsp3) is 0.417. The zero-order valence-electron chi connectivity index (χ0n) is 9.10. The maximum Gasteiger partial charge on any atom is 0.225 e. The van der Waals surface area contributed by atoms with Gasteiger partial charge in [0.05, 0.1) is 12.5 Å². The summed E-state index contributed by atoms with van der Waals surface area (Å²) in [5.41, 5.74) is 7.68. The van der Waals surface area contributed by atoms with Gasteiger partial charge in [0.1, 0.15) is 0 Å². The third kappa shape index (κ3) is 2.40. The van der Waals surface area contributed by atoms with E-state index in [9.17, 15) is 9.90 Å². The van der Waals surface area contributed by atoms with E-state index in [-0.39, 0.29) is 12.3 Å². The number of nitrogens with zero attached hydrogens (tertiary/aromatic N) is 1. The first-order valence-electron chi connectivity index (χ1n) is 5.43. The fourth-order valence-electron chi connectivity index (χ4n) is 1.98. The van der Waals surface area contributed by atoms with Crippen molar-refractivity contribution < 1.29 is 9.90 Å². The van der Waals surface area contributed by atoms with Crippen molar-refractivity contribution in [3.63, 3.8) is 0 Å². The molecule has 1 aliphatic rings. The molecule has 1 atom stereocenters. The molecule has 3 N–H and O–H groups in total. The number of benzene rings is 1. The molecule has 86 valence electrons. The van der Waals surface area contributed by atoms with Crippen LogP contribution in [-0.2, 0) is 17.9 Å². The molecule has 0 radical (unpaired) electrons. The molecule has 16 heavy (non-hydrogen) atoms. The van der Waals surface area contributed by atoms with Gasteiger partial charge in [-0.3, -0.25) is 4.79 Å². The third-order valence-electron chi connectivity index (χ3n) is 2.79. The smallest absolute Gasteiger partial charge is 0.225 e. The van der Waals surface area contributed by atoms with Gasteiger partial charge in [-0.15, -0.1) is 0 Å². The summed E-state index contributed by atoms with van der Waals surface area (Å²) in [7, 11) is 0. The van der Waals surface area contributed by atoms with Crippen LogP contribution in [0.25, 0.3) is 0 Å². The molecule has 2 rings (SSSR count). The molecular weight excluding hydrogens is 204 g/mol. The van der Waals surface area contributed by atoms with Gasteiger partial charge in [0.15, 0.2) is 0 Å². The van der Waals surface area contributed by atoms with Crippen LogP contribution in [0.4, 0.5) is 0 Å². The molecule has 0 aromatic heterocycles. The predicted octanol–water partition coefficient (Wildman–Crippen LogP) is 0.238. The van der Waals surface area contributed by atoms with Gasteiger partial charge < -0.3 is 15.7 Å². The molecule has 0 bridgehead atoms. The molecule has 1 heterocycles. The minimum Gasteiger partial charge on any atom is -0.391 e. The van der Waals surface area contributed by atoms with Crippen molar-refractivity contribution >= 4 is 5.91 Å². The van der Waals surface area contributed by atoms with Crippen molar-refractivity contribution in [1.29, 1.82) is 0 Å². The molecular formula is C12H16N2O2. The summed E-state index contributed by atoms with van der Waals surface area (Å²) in [6.07, 6.45) is -0.262. The van der Waals surface area contributed by atoms with E-state index in [4.69, 9.17) is 5.73 Å². The van der Waals surface area contributed by atoms with Crippen molar-refractivity contribution in [3.05, 3.63) is 35.4 Å². The summed E-state index contributed by atoms with van der Waals surface area (Å²) in [4.78, 5) is 13.2. The van der Waals surface area contributed by atoms with Crippen molar-refractivity contribution in [2.75, 3.05) is 6.54 Å². The van der Waals surface area contributed by atoms with E-state index in [1.54, 1.807) is 4.90 Å². The van der Waals surface area contributed by atoms with E-state index in [0.717, 1.165) is 11.1 Å². The molecule has 1 unspecified atom stereocenters. The van der Waals surface area contributed by atoms with Gasteiger partial charge in [-0.1, -0.05) is 24.3 Å². The Morgan fingerprint density at radius 2 is 2.19 bits per heavy atom. The lowest BCUT2D eigenvalue weighted by Gasteiger charge is -2.16. The third-order valence-corrected chi connectivity index (χ3v) is 2.79. The van der Waals surface area contributed by atoms with Crippen LogP contribution in [0.2, 0.25) is 0 Å². The first-order valence-corrected chi connectivity index (χ1v) is 5.43. The van der Waals surface area contributed by atoms with Gasteiger partial charge in [0, 0.05) is 19.6 Å². The van der Waals surface area contributed by atoms with Gasteiger partial charge in [-0.2, -0.15) is 0 Å². The van der Waals surface area contributed by atoms with E-state index in [2.05, 4.69) is 0 Å². The minimum atomic E-state index is -0.509. The van der Waals surface area contributed by atoms with Gasteiger partial charge in [0.25, 0.3) is 0 Å². The van der Waals surface area contributed by atoms with E-state index in [1.165, 1.54) is 0 Å². The Hall–Kier alpha value is -1.39. The van der Waals surface area contributed by atoms with Gasteiger partial charge >= 0.3 is 0 Å². The number of hydrogen-bond donors (Lipinski definition) is 2. The second-order valence-corrected chi connectivity index (χ2v) is 4.16. The highest BCUT2D eigenvalue weighted by molar-refractivity contribution is 5.79. The topological polar surface area (TPSA) is 66.6 Å². The molecule has 1 saturated heterocycles. The molecule has 0 saturated carbocycles. The Kier molecular flexibility index (Phi) is 3.22. The Bertz CT molecular complexity index is 392. The Balaban J connectivity index is 2.06. The van der Waals surface area contributed by atoms with Crippen LogP contribution in [-0.4, -0.2) is 28.6 Å². The lowest BCUT2D eigenvalue weighted by Crippen LogP contribution is -2.25. The first-order chi connectivity index (χ1) is 7.69. The summed E-state index contributed by atoms with van der Waals surface area (Å²) in [6, 6.07) is 7.87. The van der Waals surface area contributed by atoms with Crippen LogP contribution in [0, 0.1) is 0 Å². The van der Waals surface area contributed by atoms with E-state index < -0.39 is 6.10 Å². The Morgan fingerprint density at radius 3 is 2.81 bits per heavy atom. The molecule has 4 nitrogen and oxygen atoms in total. The van der Waals surface area contributed by atoms with E-state index in [1.807, 2.05) is 24.3 Å². The summed E-state index contributed by atoms with van der Waals surface area (Å²) in [5.74, 6) is 0.0191. The average molecular weight is 220 g/mol. The first kappa shape index (κ1) is 11.1. The molecule has 1 fully saturated rings. The second-order valence-electron chi connectivity index (χ2n) is 4.16. The quantitative estimate of drug-likeness (QED) is 0.766. The zero-order chi connectivity index (χ0) is 11.5. The number of amides is 1. The summed E-state index contributed by atoms with van der Waals surface area (Å²) < 4.78 is 0. The summed E-state index contributed by atoms with van der Waals surface area (Å²) in [5, 5.41) is 9.37. The molecule has 4 heteroatoms. The predicted molar refractivity (Wildman–Crippen MR) is 60.4 cm³/mol. The molecule has 0 spiro atoms. The number of likely N-dealkylation sites (tertiary alicyclic amines) is 1. The Labute approximate surface area is 94.7 Å². The average Bonchev–Trinajstić information content (AvgIpc) is 2.58. The number of carbonyl (C=O) groups excluding carboxylic acids is 1. The minimum absolute atomic E-state index is 0.0191. The lowest BCUT2D eigenvalue weighted by atomic mass is 10.1. The van der Waals surface area contributed by atoms with Crippen LogP contribution in [0.15, 0.2) is 24.3 Å². The van der Waals surface area contributed by atoms with Crippen molar-refractivity contribution in [3.8, 4) is 0 Å². The fourth-order valence-corrected chi connectivity index (χ4v) is 1.98. The molecule has 1 aromatic rings. The number of hydrogen-bond acceptors (Lipinski definition) is 3. The summed E-state index contributed by atoms with van der Waals surface area (Å²) in [6.45, 7) is 1.50. The van der Waals surface area contributed by atoms with Crippen molar-refractivity contribution in [2.24, 2.45) is 5.73 Å². The second kappa shape index (κ2) is 4.63. The highest BCUT2D eigenvalue weighted by Gasteiger charge is 2.27. The number of aliphatic hydroxyl groups excluding tert-OH is 1. The number of carbonyl (C=O) groups is 1. The van der Waals surface area contributed by atoms with Crippen LogP contribution in [0.1, 0.15) is 17.5 Å². The van der Waals surface area contributed by atoms with Gasteiger partial charge in [-0.25, -0.2) is 0 Å². The monoisotopic (exact) mass is 220 g/mol. The molecule has 1 aliphatic heterocycles. The SMILES string of the molecule is NCc1cccc(CN2CC(O)CC2=O)c1. The number of β-amino-alcohol motifs (C(OH)–C–C–N with tert-alkyl or cyclic N) is 1. The normalized spacial score (nSPS) is 20.5. The highest BCUT2D eigenvalue weighted by Crippen LogP contribution is 2.15. The maximum absolute atomic E-state index is 11.5. The van der Waals surface area contributed by atoms with Gasteiger partial charge in [0.2, 0.25) is 5.91 Å². The molecule has 1 aromatic carbocycles. The number of rotatable bonds is 3. The number of aliphatic hydroxyl groups is 1. The molecule has 0 aliphatic carbocycles. The van der Waals surface area contributed by atoms with Crippen LogP contribution in [0.3, 0.4) is 0 Å². The van der Waals surface area contributed by atoms with Crippen LogP contribution < -0.4 is 5.73 Å². The highest BCUT2D eigenvalue weighted by atomic mass is 16.3. The standard InChI is InChI=1S/C12H16N2O2/c13-6-9-2-1-3-10(4-9)7-14-8-11(15)5-12(14)16/h1-4,11,15H,5-8,13H2. The Morgan fingerprint density at radius 1 is 1.44 bits per heavy atom. The summed E-state index contributed by atoms with van der Waals surface area (Å²) >= 11 is 0.